The van der Waals surface area contributed by atoms with E-state index < -0.39 is 0 Å². The lowest BCUT2D eigenvalue weighted by Crippen LogP contribution is -2.40. The Bertz CT molecular complexity index is 540. The van der Waals surface area contributed by atoms with Crippen LogP contribution < -0.4 is 5.32 Å². The molecule has 0 radical (unpaired) electrons. The maximum absolute atomic E-state index is 12.3. The zero-order chi connectivity index (χ0) is 17.4. The number of rotatable bonds is 8. The third kappa shape index (κ3) is 5.82. The number of hydrogen-bond acceptors (Lipinski definition) is 5. The number of carbonyl (C=O) groups is 2. The summed E-state index contributed by atoms with van der Waals surface area (Å²) in [6.07, 6.45) is 2.89. The van der Waals surface area contributed by atoms with Gasteiger partial charge in [-0.25, -0.2) is 9.97 Å². The van der Waals surface area contributed by atoms with E-state index in [9.17, 15) is 9.59 Å². The van der Waals surface area contributed by atoms with Gasteiger partial charge >= 0.3 is 0 Å². The van der Waals surface area contributed by atoms with Gasteiger partial charge in [0.15, 0.2) is 5.16 Å². The van der Waals surface area contributed by atoms with Gasteiger partial charge in [0, 0.05) is 30.9 Å². The lowest BCUT2D eigenvalue weighted by atomic mass is 10.1. The summed E-state index contributed by atoms with van der Waals surface area (Å²) in [6.45, 7) is 8.84. The van der Waals surface area contributed by atoms with Gasteiger partial charge in [0.2, 0.25) is 11.8 Å². The molecular formula is C16H26N4O2S. The number of aryl methyl sites for hydroxylation is 2. The third-order valence-corrected chi connectivity index (χ3v) is 4.16. The van der Waals surface area contributed by atoms with E-state index in [2.05, 4.69) is 15.3 Å². The SMILES string of the molecule is CCNC(=O)CN(CC)C(=O)CCc1c(C)nc(SC)nc1C. The normalized spacial score (nSPS) is 10.5. The smallest absolute Gasteiger partial charge is 0.239 e. The molecule has 1 aromatic heterocycles. The zero-order valence-corrected chi connectivity index (χ0v) is 15.4. The fourth-order valence-electron chi connectivity index (χ4n) is 2.35. The molecule has 0 fully saturated rings. The summed E-state index contributed by atoms with van der Waals surface area (Å²) in [5.74, 6) is -0.144. The van der Waals surface area contributed by atoms with E-state index in [4.69, 9.17) is 0 Å². The predicted molar refractivity (Wildman–Crippen MR) is 92.5 cm³/mol. The summed E-state index contributed by atoms with van der Waals surface area (Å²) < 4.78 is 0. The Balaban J connectivity index is 2.69. The number of thioether (sulfide) groups is 1. The van der Waals surface area contributed by atoms with Crippen LogP contribution >= 0.6 is 11.8 Å². The Morgan fingerprint density at radius 1 is 1.17 bits per heavy atom. The molecule has 0 saturated carbocycles. The molecule has 0 spiro atoms. The van der Waals surface area contributed by atoms with E-state index in [0.29, 0.717) is 25.9 Å². The highest BCUT2D eigenvalue weighted by atomic mass is 32.2. The first-order valence-electron chi connectivity index (χ1n) is 7.85. The van der Waals surface area contributed by atoms with Gasteiger partial charge in [0.25, 0.3) is 0 Å². The summed E-state index contributed by atoms with van der Waals surface area (Å²) in [6, 6.07) is 0. The second-order valence-corrected chi connectivity index (χ2v) is 5.99. The van der Waals surface area contributed by atoms with Crippen LogP contribution in [0.25, 0.3) is 0 Å². The summed E-state index contributed by atoms with van der Waals surface area (Å²) in [5.41, 5.74) is 2.85. The molecule has 1 N–H and O–H groups in total. The molecule has 0 aliphatic rings. The van der Waals surface area contributed by atoms with Gasteiger partial charge in [0.1, 0.15) is 0 Å². The fourth-order valence-corrected chi connectivity index (χ4v) is 2.81. The van der Waals surface area contributed by atoms with Gasteiger partial charge in [-0.15, -0.1) is 0 Å². The Kier molecular flexibility index (Phi) is 8.02. The Labute approximate surface area is 142 Å². The van der Waals surface area contributed by atoms with Gasteiger partial charge in [0.05, 0.1) is 6.54 Å². The molecule has 0 unspecified atom stereocenters. The number of nitrogens with one attached hydrogen (secondary N) is 1. The van der Waals surface area contributed by atoms with E-state index in [1.165, 1.54) is 11.8 Å². The zero-order valence-electron chi connectivity index (χ0n) is 14.6. The molecule has 0 aliphatic carbocycles. The van der Waals surface area contributed by atoms with Crippen molar-refractivity contribution in [3.8, 4) is 0 Å². The Morgan fingerprint density at radius 2 is 1.78 bits per heavy atom. The van der Waals surface area contributed by atoms with E-state index in [1.807, 2.05) is 34.0 Å². The van der Waals surface area contributed by atoms with Crippen LogP contribution in [0, 0.1) is 13.8 Å². The van der Waals surface area contributed by atoms with E-state index in [1.54, 1.807) is 4.90 Å². The molecule has 6 nitrogen and oxygen atoms in total. The van der Waals surface area contributed by atoms with Gasteiger partial charge in [-0.1, -0.05) is 11.8 Å². The molecule has 1 rings (SSSR count). The van der Waals surface area contributed by atoms with Crippen LogP contribution in [0.4, 0.5) is 0 Å². The van der Waals surface area contributed by atoms with Crippen LogP contribution in [0.5, 0.6) is 0 Å². The first-order valence-corrected chi connectivity index (χ1v) is 9.07. The summed E-state index contributed by atoms with van der Waals surface area (Å²) in [4.78, 5) is 34.4. The Morgan fingerprint density at radius 3 is 2.26 bits per heavy atom. The second-order valence-electron chi connectivity index (χ2n) is 5.22. The maximum Gasteiger partial charge on any atom is 0.239 e. The van der Waals surface area contributed by atoms with E-state index in [0.717, 1.165) is 22.1 Å². The predicted octanol–water partition coefficient (Wildman–Crippen LogP) is 1.73. The highest BCUT2D eigenvalue weighted by Gasteiger charge is 2.16. The Hall–Kier alpha value is -1.63. The average Bonchev–Trinajstić information content (AvgIpc) is 2.51. The van der Waals surface area contributed by atoms with Crippen LogP contribution in [0.1, 0.15) is 37.2 Å². The van der Waals surface area contributed by atoms with Gasteiger partial charge in [-0.05, 0) is 45.9 Å². The number of likely N-dealkylation sites (N-methyl/N-ethyl adjacent to an activating group) is 2. The number of hydrogen-bond donors (Lipinski definition) is 1. The minimum atomic E-state index is -0.122. The van der Waals surface area contributed by atoms with Crippen LogP contribution in [-0.4, -0.2) is 52.6 Å². The van der Waals surface area contributed by atoms with Crippen LogP contribution in [0.3, 0.4) is 0 Å². The quantitative estimate of drug-likeness (QED) is 0.577. The maximum atomic E-state index is 12.3. The van der Waals surface area contributed by atoms with Crippen molar-refractivity contribution < 1.29 is 9.59 Å². The molecule has 2 amide bonds. The molecular weight excluding hydrogens is 312 g/mol. The van der Waals surface area contributed by atoms with Crippen LogP contribution in [-0.2, 0) is 16.0 Å². The molecule has 1 aromatic rings. The minimum Gasteiger partial charge on any atom is -0.355 e. The second kappa shape index (κ2) is 9.50. The van der Waals surface area contributed by atoms with Gasteiger partial charge < -0.3 is 10.2 Å². The topological polar surface area (TPSA) is 75.2 Å². The molecule has 128 valence electrons. The first kappa shape index (κ1) is 19.4. The highest BCUT2D eigenvalue weighted by Crippen LogP contribution is 2.17. The van der Waals surface area contributed by atoms with E-state index >= 15 is 0 Å². The molecule has 0 aliphatic heterocycles. The summed E-state index contributed by atoms with van der Waals surface area (Å²) >= 11 is 1.51. The van der Waals surface area contributed by atoms with Crippen molar-refractivity contribution >= 4 is 23.6 Å². The lowest BCUT2D eigenvalue weighted by Gasteiger charge is -2.20. The van der Waals surface area contributed by atoms with Crippen molar-refractivity contribution in [1.29, 1.82) is 0 Å². The van der Waals surface area contributed by atoms with Crippen molar-refractivity contribution in [2.24, 2.45) is 0 Å². The van der Waals surface area contributed by atoms with E-state index in [-0.39, 0.29) is 18.4 Å². The molecule has 0 bridgehead atoms. The lowest BCUT2D eigenvalue weighted by molar-refractivity contribution is -0.135. The molecule has 0 aromatic carbocycles. The monoisotopic (exact) mass is 338 g/mol. The van der Waals surface area contributed by atoms with Crippen LogP contribution in [0.15, 0.2) is 5.16 Å². The largest absolute Gasteiger partial charge is 0.355 e. The van der Waals surface area contributed by atoms with Gasteiger partial charge in [-0.2, -0.15) is 0 Å². The van der Waals surface area contributed by atoms with Gasteiger partial charge in [-0.3, -0.25) is 9.59 Å². The van der Waals surface area contributed by atoms with Crippen molar-refractivity contribution in [3.05, 3.63) is 17.0 Å². The van der Waals surface area contributed by atoms with Crippen molar-refractivity contribution in [2.75, 3.05) is 25.9 Å². The van der Waals surface area contributed by atoms with Crippen molar-refractivity contribution in [2.45, 2.75) is 45.7 Å². The number of aromatic nitrogens is 2. The van der Waals surface area contributed by atoms with Crippen molar-refractivity contribution in [1.82, 2.24) is 20.2 Å². The molecule has 0 saturated heterocycles. The highest BCUT2D eigenvalue weighted by molar-refractivity contribution is 7.98. The fraction of sp³-hybridized carbons (Fsp3) is 0.625. The average molecular weight is 338 g/mol. The van der Waals surface area contributed by atoms with Crippen LogP contribution in [0.2, 0.25) is 0 Å². The molecule has 7 heteroatoms. The minimum absolute atomic E-state index is 0.0218. The first-order chi connectivity index (χ1) is 10.9. The summed E-state index contributed by atoms with van der Waals surface area (Å²) in [5, 5.41) is 3.47. The molecule has 1 heterocycles. The number of nitrogens with zero attached hydrogens (tertiary/aromatic N) is 3. The number of carbonyl (C=O) groups excluding carboxylic acids is 2. The number of amides is 2. The molecule has 0 atom stereocenters. The molecule has 23 heavy (non-hydrogen) atoms. The summed E-state index contributed by atoms with van der Waals surface area (Å²) in [7, 11) is 0. The third-order valence-electron chi connectivity index (χ3n) is 3.61. The standard InChI is InChI=1S/C16H26N4O2S/c1-6-17-14(21)10-20(7-2)15(22)9-8-13-11(3)18-16(23-5)19-12(13)4/h6-10H2,1-5H3,(H,17,21). The van der Waals surface area contributed by atoms with Crippen molar-refractivity contribution in [3.63, 3.8) is 0 Å².